The third-order valence-electron chi connectivity index (χ3n) is 4.15. The van der Waals surface area contributed by atoms with Crippen LogP contribution in [0.1, 0.15) is 18.4 Å². The van der Waals surface area contributed by atoms with Gasteiger partial charge in [-0.15, -0.1) is 12.4 Å². The molecule has 0 bridgehead atoms. The minimum Gasteiger partial charge on any atom is -0.384 e. The van der Waals surface area contributed by atoms with Crippen LogP contribution in [0.15, 0.2) is 24.3 Å². The van der Waals surface area contributed by atoms with E-state index in [-0.39, 0.29) is 30.7 Å². The molecule has 1 aliphatic rings. The van der Waals surface area contributed by atoms with Gasteiger partial charge in [0.15, 0.2) is 0 Å². The van der Waals surface area contributed by atoms with Crippen molar-refractivity contribution in [2.75, 3.05) is 33.9 Å². The summed E-state index contributed by atoms with van der Waals surface area (Å²) in [6.45, 7) is 2.31. The average molecular weight is 331 g/mol. The molecule has 1 heterocycles. The van der Waals surface area contributed by atoms with Crippen LogP contribution in [0.25, 0.3) is 0 Å². The number of carbonyl (C=O) groups excluding carboxylic acids is 1. The van der Waals surface area contributed by atoms with E-state index in [1.165, 1.54) is 6.07 Å². The fraction of sp³-hybridized carbons (Fsp3) is 0.562. The molecular formula is C16H24ClFN2O2. The minimum atomic E-state index is -0.486. The van der Waals surface area contributed by atoms with E-state index in [0.717, 1.165) is 25.9 Å². The van der Waals surface area contributed by atoms with Crippen LogP contribution in [0, 0.1) is 11.2 Å². The highest BCUT2D eigenvalue weighted by molar-refractivity contribution is 5.85. The number of hydrogen-bond donors (Lipinski definition) is 1. The second kappa shape index (κ2) is 8.46. The van der Waals surface area contributed by atoms with Gasteiger partial charge in [0, 0.05) is 26.3 Å². The van der Waals surface area contributed by atoms with Gasteiger partial charge in [-0.2, -0.15) is 0 Å². The molecule has 1 fully saturated rings. The van der Waals surface area contributed by atoms with E-state index in [2.05, 4.69) is 5.32 Å². The molecule has 0 aliphatic carbocycles. The molecule has 0 aromatic heterocycles. The number of carbonyl (C=O) groups is 1. The Hall–Kier alpha value is -1.17. The van der Waals surface area contributed by atoms with Gasteiger partial charge in [0.1, 0.15) is 5.82 Å². The Kier molecular flexibility index (Phi) is 7.26. The predicted molar refractivity (Wildman–Crippen MR) is 86.5 cm³/mol. The van der Waals surface area contributed by atoms with Gasteiger partial charge >= 0.3 is 0 Å². The summed E-state index contributed by atoms with van der Waals surface area (Å²) in [7, 11) is 3.35. The normalized spacial score (nSPS) is 16.7. The first kappa shape index (κ1) is 18.9. The van der Waals surface area contributed by atoms with Crippen LogP contribution in [0.2, 0.25) is 0 Å². The third kappa shape index (κ3) is 4.18. The molecule has 0 spiro atoms. The summed E-state index contributed by atoms with van der Waals surface area (Å²) in [4.78, 5) is 14.4. The first-order valence-corrected chi connectivity index (χ1v) is 7.28. The number of amides is 1. The van der Waals surface area contributed by atoms with E-state index in [1.807, 2.05) is 0 Å². The molecule has 2 rings (SSSR count). The Labute approximate surface area is 137 Å². The number of piperidine rings is 1. The van der Waals surface area contributed by atoms with Crippen LogP contribution in [0.3, 0.4) is 0 Å². The highest BCUT2D eigenvalue weighted by atomic mass is 35.5. The van der Waals surface area contributed by atoms with Crippen molar-refractivity contribution in [2.24, 2.45) is 5.41 Å². The maximum Gasteiger partial charge on any atom is 0.231 e. The van der Waals surface area contributed by atoms with Gasteiger partial charge in [-0.25, -0.2) is 4.39 Å². The van der Waals surface area contributed by atoms with Crippen molar-refractivity contribution in [1.29, 1.82) is 0 Å². The summed E-state index contributed by atoms with van der Waals surface area (Å²) < 4.78 is 19.0. The molecule has 0 saturated carbocycles. The van der Waals surface area contributed by atoms with E-state index < -0.39 is 5.41 Å². The Balaban J connectivity index is 0.00000242. The summed E-state index contributed by atoms with van der Waals surface area (Å²) in [5.74, 6) is -0.239. The zero-order chi connectivity index (χ0) is 15.3. The fourth-order valence-electron chi connectivity index (χ4n) is 2.96. The van der Waals surface area contributed by atoms with Crippen molar-refractivity contribution in [2.45, 2.75) is 19.4 Å². The van der Waals surface area contributed by atoms with Gasteiger partial charge < -0.3 is 15.0 Å². The zero-order valence-electron chi connectivity index (χ0n) is 13.1. The van der Waals surface area contributed by atoms with Crippen molar-refractivity contribution in [3.05, 3.63) is 35.6 Å². The summed E-state index contributed by atoms with van der Waals surface area (Å²) in [6, 6.07) is 6.57. The first-order chi connectivity index (χ1) is 10.1. The van der Waals surface area contributed by atoms with Crippen LogP contribution in [0.5, 0.6) is 0 Å². The molecule has 0 radical (unpaired) electrons. The molecule has 1 amide bonds. The molecule has 1 saturated heterocycles. The SMILES string of the molecule is COCC1(C(=O)N(C)Cc2ccccc2F)CCNCC1.Cl. The van der Waals surface area contributed by atoms with E-state index in [9.17, 15) is 9.18 Å². The second-order valence-electron chi connectivity index (χ2n) is 5.72. The number of ether oxygens (including phenoxy) is 1. The fourth-order valence-corrected chi connectivity index (χ4v) is 2.96. The standard InChI is InChI=1S/C16H23FN2O2.ClH/c1-19(11-13-5-3-4-6-14(13)17)15(20)16(12-21-2)7-9-18-10-8-16;/h3-6,18H,7-12H2,1-2H3;1H. The third-order valence-corrected chi connectivity index (χ3v) is 4.15. The molecule has 1 aromatic rings. The van der Waals surface area contributed by atoms with E-state index in [0.29, 0.717) is 12.2 Å². The smallest absolute Gasteiger partial charge is 0.231 e. The minimum absolute atomic E-state index is 0. The molecule has 0 unspecified atom stereocenters. The molecule has 4 nitrogen and oxygen atoms in total. The number of methoxy groups -OCH3 is 1. The van der Waals surface area contributed by atoms with Gasteiger partial charge in [0.25, 0.3) is 0 Å². The molecule has 0 atom stereocenters. The van der Waals surface area contributed by atoms with Crippen molar-refractivity contribution < 1.29 is 13.9 Å². The van der Waals surface area contributed by atoms with E-state index >= 15 is 0 Å². The van der Waals surface area contributed by atoms with Gasteiger partial charge in [-0.05, 0) is 32.0 Å². The van der Waals surface area contributed by atoms with Crippen molar-refractivity contribution >= 4 is 18.3 Å². The lowest BCUT2D eigenvalue weighted by molar-refractivity contribution is -0.146. The first-order valence-electron chi connectivity index (χ1n) is 7.28. The molecular weight excluding hydrogens is 307 g/mol. The molecule has 1 aliphatic heterocycles. The predicted octanol–water partition coefficient (Wildman–Crippen LogP) is 2.22. The van der Waals surface area contributed by atoms with Crippen LogP contribution in [-0.4, -0.2) is 44.7 Å². The van der Waals surface area contributed by atoms with E-state index in [4.69, 9.17) is 4.74 Å². The quantitative estimate of drug-likeness (QED) is 0.900. The second-order valence-corrected chi connectivity index (χ2v) is 5.72. The van der Waals surface area contributed by atoms with Crippen LogP contribution in [0.4, 0.5) is 4.39 Å². The largest absolute Gasteiger partial charge is 0.384 e. The summed E-state index contributed by atoms with van der Waals surface area (Å²) in [5, 5.41) is 3.26. The van der Waals surface area contributed by atoms with Gasteiger partial charge in [-0.1, -0.05) is 18.2 Å². The van der Waals surface area contributed by atoms with Gasteiger partial charge in [-0.3, -0.25) is 4.79 Å². The Morgan fingerprint density at radius 2 is 2.00 bits per heavy atom. The number of benzene rings is 1. The highest BCUT2D eigenvalue weighted by Crippen LogP contribution is 2.31. The lowest BCUT2D eigenvalue weighted by Gasteiger charge is -2.38. The van der Waals surface area contributed by atoms with Crippen molar-refractivity contribution in [3.8, 4) is 0 Å². The molecule has 1 N–H and O–H groups in total. The van der Waals surface area contributed by atoms with Crippen molar-refractivity contribution in [3.63, 3.8) is 0 Å². The summed E-state index contributed by atoms with van der Waals surface area (Å²) in [5.41, 5.74) is 0.0508. The summed E-state index contributed by atoms with van der Waals surface area (Å²) >= 11 is 0. The van der Waals surface area contributed by atoms with E-state index in [1.54, 1.807) is 37.3 Å². The average Bonchev–Trinajstić information content (AvgIpc) is 2.50. The molecule has 124 valence electrons. The molecule has 1 aromatic carbocycles. The topological polar surface area (TPSA) is 41.6 Å². The Morgan fingerprint density at radius 1 is 1.36 bits per heavy atom. The monoisotopic (exact) mass is 330 g/mol. The van der Waals surface area contributed by atoms with Crippen LogP contribution < -0.4 is 5.32 Å². The number of nitrogens with zero attached hydrogens (tertiary/aromatic N) is 1. The summed E-state index contributed by atoms with van der Waals surface area (Å²) in [6.07, 6.45) is 1.50. The lowest BCUT2D eigenvalue weighted by atomic mass is 9.78. The number of rotatable bonds is 5. The zero-order valence-corrected chi connectivity index (χ0v) is 13.9. The van der Waals surface area contributed by atoms with Crippen molar-refractivity contribution in [1.82, 2.24) is 10.2 Å². The maximum atomic E-state index is 13.7. The van der Waals surface area contributed by atoms with Gasteiger partial charge in [0.05, 0.1) is 12.0 Å². The molecule has 6 heteroatoms. The Bertz CT molecular complexity index is 487. The highest BCUT2D eigenvalue weighted by Gasteiger charge is 2.41. The number of halogens is 2. The Morgan fingerprint density at radius 3 is 2.59 bits per heavy atom. The number of hydrogen-bond acceptors (Lipinski definition) is 3. The van der Waals surface area contributed by atoms with Gasteiger partial charge in [0.2, 0.25) is 5.91 Å². The van der Waals surface area contributed by atoms with Crippen LogP contribution in [-0.2, 0) is 16.1 Å². The molecule has 22 heavy (non-hydrogen) atoms. The van der Waals surface area contributed by atoms with Crippen LogP contribution >= 0.6 is 12.4 Å². The lowest BCUT2D eigenvalue weighted by Crippen LogP contribution is -2.50. The number of nitrogens with one attached hydrogen (secondary N) is 1. The maximum absolute atomic E-state index is 13.7.